The van der Waals surface area contributed by atoms with Crippen LogP contribution in [-0.4, -0.2) is 57.7 Å². The summed E-state index contributed by atoms with van der Waals surface area (Å²) < 4.78 is 11.4. The molecule has 1 aliphatic heterocycles. The zero-order valence-electron chi connectivity index (χ0n) is 22.6. The number of benzene rings is 2. The van der Waals surface area contributed by atoms with Gasteiger partial charge in [0.05, 0.1) is 11.4 Å². The monoisotopic (exact) mass is 534 g/mol. The van der Waals surface area contributed by atoms with Crippen molar-refractivity contribution < 1.29 is 29.1 Å². The van der Waals surface area contributed by atoms with Gasteiger partial charge in [0.15, 0.2) is 0 Å². The van der Waals surface area contributed by atoms with Gasteiger partial charge in [0.1, 0.15) is 18.0 Å². The van der Waals surface area contributed by atoms with Crippen molar-refractivity contribution in [2.24, 2.45) is 5.92 Å². The van der Waals surface area contributed by atoms with Crippen molar-refractivity contribution in [2.75, 3.05) is 13.1 Å². The number of piperidine rings is 1. The number of amides is 3. The van der Waals surface area contributed by atoms with Gasteiger partial charge in [-0.05, 0) is 70.5 Å². The molecule has 1 saturated heterocycles. The number of rotatable bonds is 6. The highest BCUT2D eigenvalue weighted by Gasteiger charge is 2.38. The summed E-state index contributed by atoms with van der Waals surface area (Å²) >= 11 is 0. The Bertz CT molecular complexity index is 1350. The summed E-state index contributed by atoms with van der Waals surface area (Å²) in [7, 11) is 0. The Morgan fingerprint density at radius 1 is 1.10 bits per heavy atom. The second kappa shape index (κ2) is 11.7. The number of pyridine rings is 1. The second-order valence-corrected chi connectivity index (χ2v) is 10.6. The molecule has 0 radical (unpaired) electrons. The average molecular weight is 535 g/mol. The Kier molecular flexibility index (Phi) is 8.35. The van der Waals surface area contributed by atoms with Crippen LogP contribution in [0.4, 0.5) is 4.79 Å². The van der Waals surface area contributed by atoms with Crippen molar-refractivity contribution in [3.05, 3.63) is 71.4 Å². The number of carbonyl (C=O) groups excluding carboxylic acids is 3. The predicted octanol–water partition coefficient (Wildman–Crippen LogP) is 3.98. The lowest BCUT2D eigenvalue weighted by molar-refractivity contribution is -0.135. The zero-order chi connectivity index (χ0) is 28.2. The molecule has 0 saturated carbocycles. The van der Waals surface area contributed by atoms with E-state index >= 15 is 0 Å². The van der Waals surface area contributed by atoms with Crippen LogP contribution in [0, 0.1) is 12.8 Å². The van der Waals surface area contributed by atoms with Gasteiger partial charge in [0.2, 0.25) is 5.91 Å². The van der Waals surface area contributed by atoms with E-state index in [1.54, 1.807) is 50.5 Å². The molecule has 206 valence electrons. The number of nitrogens with one attached hydrogen (secondary N) is 2. The highest BCUT2D eigenvalue weighted by atomic mass is 16.6. The molecule has 3 N–H and O–H groups in total. The molecule has 1 aromatic heterocycles. The Morgan fingerprint density at radius 2 is 1.82 bits per heavy atom. The van der Waals surface area contributed by atoms with E-state index in [0.29, 0.717) is 30.9 Å². The normalized spacial score (nSPS) is 17.4. The summed E-state index contributed by atoms with van der Waals surface area (Å²) in [6.07, 6.45) is -0.225. The van der Waals surface area contributed by atoms with Crippen LogP contribution in [0.3, 0.4) is 0 Å². The summed E-state index contributed by atoms with van der Waals surface area (Å²) in [5.74, 6) is -1.30. The number of hydrogen-bond donors (Lipinski definition) is 3. The maximum atomic E-state index is 13.0. The number of nitrogens with zero attached hydrogens (tertiary/aromatic N) is 2. The Morgan fingerprint density at radius 3 is 2.51 bits per heavy atom. The third-order valence-electron chi connectivity index (χ3n) is 6.47. The molecule has 0 spiro atoms. The highest BCUT2D eigenvalue weighted by molar-refractivity contribution is 5.95. The fourth-order valence-corrected chi connectivity index (χ4v) is 4.60. The predicted molar refractivity (Wildman–Crippen MR) is 144 cm³/mol. The number of ether oxygens (including phenoxy) is 2. The molecular weight excluding hydrogens is 500 g/mol. The lowest BCUT2D eigenvalue weighted by Gasteiger charge is -2.38. The molecule has 1 fully saturated rings. The first-order chi connectivity index (χ1) is 18.5. The lowest BCUT2D eigenvalue weighted by atomic mass is 9.91. The second-order valence-electron chi connectivity index (χ2n) is 10.6. The summed E-state index contributed by atoms with van der Waals surface area (Å²) in [6.45, 7) is 7.87. The van der Waals surface area contributed by atoms with E-state index in [4.69, 9.17) is 9.47 Å². The van der Waals surface area contributed by atoms with E-state index in [-0.39, 0.29) is 12.5 Å². The van der Waals surface area contributed by atoms with Gasteiger partial charge in [-0.3, -0.25) is 19.8 Å². The van der Waals surface area contributed by atoms with E-state index in [1.165, 1.54) is 4.90 Å². The summed E-state index contributed by atoms with van der Waals surface area (Å²) in [4.78, 5) is 43.8. The number of para-hydroxylation sites is 1. The fourth-order valence-electron chi connectivity index (χ4n) is 4.60. The van der Waals surface area contributed by atoms with Crippen LogP contribution < -0.4 is 15.5 Å². The number of aryl methyl sites for hydroxylation is 1. The number of carbonyl (C=O) groups is 3. The minimum atomic E-state index is -0.846. The number of hydroxylamine groups is 1. The number of likely N-dealkylation sites (tertiary alicyclic amines) is 1. The lowest BCUT2D eigenvalue weighted by Crippen LogP contribution is -2.57. The standard InChI is InChI=1S/C29H34N4O6/c1-18-15-20(22-7-5-6-8-24(22)30-18)17-38-21-11-9-19(10-12-21)26(34)31-25-13-14-33(16-23(25)27(35)32-37)28(36)39-29(2,3)4/h5-12,15,23,25,37H,13-14,16-17H2,1-4H3,(H,31,34)(H,32,35)/t23-,25?/m1/s1. The van der Waals surface area contributed by atoms with Gasteiger partial charge >= 0.3 is 6.09 Å². The van der Waals surface area contributed by atoms with E-state index in [1.807, 2.05) is 37.3 Å². The molecule has 3 amide bonds. The molecule has 1 unspecified atom stereocenters. The van der Waals surface area contributed by atoms with Gasteiger partial charge in [-0.1, -0.05) is 18.2 Å². The van der Waals surface area contributed by atoms with Crippen molar-refractivity contribution in [3.8, 4) is 5.75 Å². The first kappa shape index (κ1) is 27.8. The maximum absolute atomic E-state index is 13.0. The molecule has 2 heterocycles. The highest BCUT2D eigenvalue weighted by Crippen LogP contribution is 2.23. The topological polar surface area (TPSA) is 130 Å². The van der Waals surface area contributed by atoms with Crippen LogP contribution >= 0.6 is 0 Å². The van der Waals surface area contributed by atoms with Gasteiger partial charge < -0.3 is 19.7 Å². The van der Waals surface area contributed by atoms with Gasteiger partial charge in [0, 0.05) is 41.3 Å². The molecule has 39 heavy (non-hydrogen) atoms. The Hall–Kier alpha value is -4.18. The van der Waals surface area contributed by atoms with Gasteiger partial charge in [-0.25, -0.2) is 10.3 Å². The van der Waals surface area contributed by atoms with Crippen molar-refractivity contribution in [1.82, 2.24) is 20.7 Å². The van der Waals surface area contributed by atoms with Gasteiger partial charge in [-0.2, -0.15) is 0 Å². The first-order valence-corrected chi connectivity index (χ1v) is 12.8. The number of fused-ring (bicyclic) bond motifs is 1. The summed E-state index contributed by atoms with van der Waals surface area (Å²) in [5, 5.41) is 13.1. The smallest absolute Gasteiger partial charge is 0.410 e. The molecule has 10 heteroatoms. The first-order valence-electron chi connectivity index (χ1n) is 12.8. The third-order valence-corrected chi connectivity index (χ3v) is 6.47. The van der Waals surface area contributed by atoms with Gasteiger partial charge in [-0.15, -0.1) is 0 Å². The van der Waals surface area contributed by atoms with E-state index in [0.717, 1.165) is 22.2 Å². The summed E-state index contributed by atoms with van der Waals surface area (Å²) in [5.41, 5.74) is 4.19. The molecule has 0 bridgehead atoms. The van der Waals surface area contributed by atoms with Crippen LogP contribution in [0.5, 0.6) is 5.75 Å². The van der Waals surface area contributed by atoms with Crippen molar-refractivity contribution in [2.45, 2.75) is 52.4 Å². The van der Waals surface area contributed by atoms with Crippen LogP contribution in [0.25, 0.3) is 10.9 Å². The van der Waals surface area contributed by atoms with E-state index < -0.39 is 29.6 Å². The molecule has 2 aromatic carbocycles. The molecule has 4 rings (SSSR count). The average Bonchev–Trinajstić information content (AvgIpc) is 2.90. The fraction of sp³-hybridized carbons (Fsp3) is 0.379. The largest absolute Gasteiger partial charge is 0.489 e. The van der Waals surface area contributed by atoms with Crippen molar-refractivity contribution in [3.63, 3.8) is 0 Å². The van der Waals surface area contributed by atoms with Crippen LogP contribution in [0.1, 0.15) is 48.8 Å². The van der Waals surface area contributed by atoms with Crippen molar-refractivity contribution >= 4 is 28.8 Å². The minimum Gasteiger partial charge on any atom is -0.489 e. The Balaban J connectivity index is 1.38. The molecular formula is C29H34N4O6. The SMILES string of the molecule is Cc1cc(COc2ccc(C(=O)NC3CCN(C(=O)OC(C)(C)C)C[C@H]3C(=O)NO)cc2)c2ccccc2n1. The molecule has 3 aromatic rings. The number of hydrogen-bond acceptors (Lipinski definition) is 7. The third kappa shape index (κ3) is 7.02. The minimum absolute atomic E-state index is 0.00218. The maximum Gasteiger partial charge on any atom is 0.410 e. The molecule has 1 aliphatic rings. The molecule has 0 aliphatic carbocycles. The van der Waals surface area contributed by atoms with Crippen LogP contribution in [0.2, 0.25) is 0 Å². The zero-order valence-corrected chi connectivity index (χ0v) is 22.6. The quantitative estimate of drug-likeness (QED) is 0.322. The Labute approximate surface area is 227 Å². The van der Waals surface area contributed by atoms with E-state index in [9.17, 15) is 19.6 Å². The summed E-state index contributed by atoms with van der Waals surface area (Å²) in [6, 6.07) is 16.0. The van der Waals surface area contributed by atoms with E-state index in [2.05, 4.69) is 10.3 Å². The van der Waals surface area contributed by atoms with Crippen LogP contribution in [-0.2, 0) is 16.1 Å². The number of aromatic nitrogens is 1. The molecule has 10 nitrogen and oxygen atoms in total. The molecule has 2 atom stereocenters. The van der Waals surface area contributed by atoms with Crippen molar-refractivity contribution in [1.29, 1.82) is 0 Å². The van der Waals surface area contributed by atoms with Crippen LogP contribution in [0.15, 0.2) is 54.6 Å². The van der Waals surface area contributed by atoms with Gasteiger partial charge in [0.25, 0.3) is 5.91 Å².